The molecule has 0 atom stereocenters. The summed E-state index contributed by atoms with van der Waals surface area (Å²) in [6.07, 6.45) is 6.29. The van der Waals surface area contributed by atoms with Crippen LogP contribution in [0.25, 0.3) is 0 Å². The second kappa shape index (κ2) is 9.40. The zero-order valence-corrected chi connectivity index (χ0v) is 15.3. The number of ketones is 1. The number of unbranched alkanes of at least 4 members (excludes halogenated alkanes) is 3. The summed E-state index contributed by atoms with van der Waals surface area (Å²) in [4.78, 5) is 22.6. The molecular weight excluding hydrogens is 316 g/mol. The van der Waals surface area contributed by atoms with Gasteiger partial charge in [-0.25, -0.2) is 0 Å². The van der Waals surface area contributed by atoms with Crippen molar-refractivity contribution in [1.82, 2.24) is 0 Å². The first-order valence-electron chi connectivity index (χ1n) is 9.12. The number of allylic oxidation sites excluding steroid dienone is 1. The van der Waals surface area contributed by atoms with Gasteiger partial charge in [-0.1, -0.05) is 24.5 Å². The Balaban J connectivity index is 1.84. The smallest absolute Gasteiger partial charge is 0.303 e. The van der Waals surface area contributed by atoms with Crippen LogP contribution in [-0.2, 0) is 9.59 Å². The number of hydrogen-bond acceptors (Lipinski definition) is 3. The first-order chi connectivity index (χ1) is 12.0. The summed E-state index contributed by atoms with van der Waals surface area (Å²) in [6.45, 7) is 4.43. The van der Waals surface area contributed by atoms with E-state index in [0.29, 0.717) is 13.0 Å². The van der Waals surface area contributed by atoms with E-state index in [0.717, 1.165) is 61.0 Å². The number of ether oxygens (including phenoxy) is 1. The van der Waals surface area contributed by atoms with Crippen LogP contribution >= 0.6 is 0 Å². The van der Waals surface area contributed by atoms with Gasteiger partial charge >= 0.3 is 5.97 Å². The molecular formula is C21H28O4. The highest BCUT2D eigenvalue weighted by molar-refractivity contribution is 5.99. The number of hydrogen-bond donors (Lipinski definition) is 1. The Kier molecular flexibility index (Phi) is 7.23. The van der Waals surface area contributed by atoms with Crippen LogP contribution in [0.3, 0.4) is 0 Å². The molecule has 0 spiro atoms. The molecule has 0 heterocycles. The predicted molar refractivity (Wildman–Crippen MR) is 98.0 cm³/mol. The molecule has 0 aliphatic heterocycles. The maximum Gasteiger partial charge on any atom is 0.303 e. The minimum atomic E-state index is -0.727. The molecule has 4 nitrogen and oxygen atoms in total. The maximum atomic E-state index is 12.1. The van der Waals surface area contributed by atoms with Crippen molar-refractivity contribution < 1.29 is 19.4 Å². The molecule has 1 aromatic rings. The van der Waals surface area contributed by atoms with Gasteiger partial charge in [0.05, 0.1) is 0 Å². The topological polar surface area (TPSA) is 63.6 Å². The first-order valence-corrected chi connectivity index (χ1v) is 9.12. The lowest BCUT2D eigenvalue weighted by atomic mass is 10.0. The van der Waals surface area contributed by atoms with Crippen molar-refractivity contribution in [3.05, 3.63) is 40.5 Å². The Labute approximate surface area is 149 Å². The number of carbonyl (C=O) groups excluding carboxylic acids is 1. The Bertz CT molecular complexity index is 638. The van der Waals surface area contributed by atoms with E-state index in [1.165, 1.54) is 5.57 Å². The quantitative estimate of drug-likeness (QED) is 0.621. The molecule has 2 rings (SSSR count). The fourth-order valence-electron chi connectivity index (χ4n) is 3.36. The number of benzene rings is 1. The largest absolute Gasteiger partial charge is 0.489 e. The van der Waals surface area contributed by atoms with Gasteiger partial charge in [0.1, 0.15) is 12.4 Å². The third-order valence-electron chi connectivity index (χ3n) is 4.61. The molecule has 136 valence electrons. The molecule has 1 N–H and O–H groups in total. The van der Waals surface area contributed by atoms with Gasteiger partial charge < -0.3 is 9.84 Å². The monoisotopic (exact) mass is 344 g/mol. The Hall–Kier alpha value is -2.10. The zero-order valence-electron chi connectivity index (χ0n) is 15.3. The summed E-state index contributed by atoms with van der Waals surface area (Å²) in [5.41, 5.74) is 4.39. The summed E-state index contributed by atoms with van der Waals surface area (Å²) >= 11 is 0. The van der Waals surface area contributed by atoms with E-state index in [9.17, 15) is 9.59 Å². The number of aryl methyl sites for hydroxylation is 2. The Morgan fingerprint density at radius 2 is 1.72 bits per heavy atom. The minimum absolute atomic E-state index is 0.213. The molecule has 0 unspecified atom stereocenters. The summed E-state index contributed by atoms with van der Waals surface area (Å²) in [7, 11) is 0. The van der Waals surface area contributed by atoms with E-state index in [2.05, 4.69) is 6.07 Å². The molecule has 0 saturated heterocycles. The molecule has 0 radical (unpaired) electrons. The number of rotatable bonds is 10. The average molecular weight is 344 g/mol. The van der Waals surface area contributed by atoms with E-state index in [-0.39, 0.29) is 12.2 Å². The predicted octanol–water partition coefficient (Wildman–Crippen LogP) is 4.77. The summed E-state index contributed by atoms with van der Waals surface area (Å²) < 4.78 is 5.88. The zero-order chi connectivity index (χ0) is 18.2. The van der Waals surface area contributed by atoms with Gasteiger partial charge in [0.15, 0.2) is 5.78 Å². The fourth-order valence-corrected chi connectivity index (χ4v) is 3.36. The molecule has 0 bridgehead atoms. The first kappa shape index (κ1) is 19.2. The van der Waals surface area contributed by atoms with E-state index >= 15 is 0 Å². The van der Waals surface area contributed by atoms with Crippen molar-refractivity contribution in [2.45, 2.75) is 65.2 Å². The number of aliphatic carboxylic acids is 1. The number of carboxylic acid groups (broad SMARTS) is 1. The van der Waals surface area contributed by atoms with Crippen LogP contribution in [-0.4, -0.2) is 23.5 Å². The van der Waals surface area contributed by atoms with Crippen molar-refractivity contribution in [2.24, 2.45) is 0 Å². The van der Waals surface area contributed by atoms with E-state index in [1.54, 1.807) is 0 Å². The van der Waals surface area contributed by atoms with Crippen LogP contribution < -0.4 is 4.74 Å². The highest BCUT2D eigenvalue weighted by Gasteiger charge is 2.23. The third-order valence-corrected chi connectivity index (χ3v) is 4.61. The fraction of sp³-hybridized carbons (Fsp3) is 0.524. The van der Waals surface area contributed by atoms with Crippen LogP contribution in [0, 0.1) is 13.8 Å². The van der Waals surface area contributed by atoms with Crippen molar-refractivity contribution >= 4 is 11.8 Å². The van der Waals surface area contributed by atoms with E-state index in [1.807, 2.05) is 26.0 Å². The molecule has 1 aliphatic carbocycles. The molecule has 0 amide bonds. The second-order valence-electron chi connectivity index (χ2n) is 6.93. The van der Waals surface area contributed by atoms with Gasteiger partial charge in [0.2, 0.25) is 0 Å². The Morgan fingerprint density at radius 3 is 2.40 bits per heavy atom. The van der Waals surface area contributed by atoms with Crippen molar-refractivity contribution in [2.75, 3.05) is 6.61 Å². The number of Topliss-reactive ketones (excluding diaryl/α,β-unsaturated/α-hetero) is 1. The Morgan fingerprint density at radius 1 is 1.04 bits per heavy atom. The number of carbonyl (C=O) groups is 2. The number of carboxylic acids is 1. The van der Waals surface area contributed by atoms with Gasteiger partial charge in [0, 0.05) is 18.4 Å². The lowest BCUT2D eigenvalue weighted by Crippen LogP contribution is -2.08. The van der Waals surface area contributed by atoms with Crippen LogP contribution in [0.4, 0.5) is 0 Å². The highest BCUT2D eigenvalue weighted by Crippen LogP contribution is 2.28. The van der Waals surface area contributed by atoms with Crippen LogP contribution in [0.1, 0.15) is 62.5 Å². The molecule has 0 fully saturated rings. The van der Waals surface area contributed by atoms with Gasteiger partial charge in [-0.05, 0) is 62.8 Å². The third kappa shape index (κ3) is 6.37. The molecule has 1 aromatic carbocycles. The summed E-state index contributed by atoms with van der Waals surface area (Å²) in [5, 5.41) is 8.63. The lowest BCUT2D eigenvalue weighted by molar-refractivity contribution is -0.137. The SMILES string of the molecule is Cc1cc(C)cc(OCC2=C(CCCCCCC(=O)O)CCC2=O)c1. The normalized spacial score (nSPS) is 14.2. The molecule has 0 saturated carbocycles. The van der Waals surface area contributed by atoms with Gasteiger partial charge in [0.25, 0.3) is 0 Å². The molecule has 1 aliphatic rings. The van der Waals surface area contributed by atoms with Crippen LogP contribution in [0.15, 0.2) is 29.3 Å². The van der Waals surface area contributed by atoms with Gasteiger partial charge in [-0.2, -0.15) is 0 Å². The maximum absolute atomic E-state index is 12.1. The van der Waals surface area contributed by atoms with Crippen molar-refractivity contribution in [3.8, 4) is 5.75 Å². The van der Waals surface area contributed by atoms with E-state index in [4.69, 9.17) is 9.84 Å². The van der Waals surface area contributed by atoms with Crippen molar-refractivity contribution in [1.29, 1.82) is 0 Å². The minimum Gasteiger partial charge on any atom is -0.489 e. The lowest BCUT2D eigenvalue weighted by Gasteiger charge is -2.10. The molecule has 0 aromatic heterocycles. The van der Waals surface area contributed by atoms with E-state index < -0.39 is 5.97 Å². The summed E-state index contributed by atoms with van der Waals surface area (Å²) in [6, 6.07) is 6.09. The average Bonchev–Trinajstić information content (AvgIpc) is 2.87. The van der Waals surface area contributed by atoms with Crippen molar-refractivity contribution in [3.63, 3.8) is 0 Å². The van der Waals surface area contributed by atoms with Gasteiger partial charge in [-0.3, -0.25) is 9.59 Å². The standard InChI is InChI=1S/C21H28O4/c1-15-11-16(2)13-18(12-15)25-14-19-17(9-10-20(19)22)7-5-3-4-6-8-21(23)24/h11-13H,3-10,14H2,1-2H3,(H,23,24). The second-order valence-corrected chi connectivity index (χ2v) is 6.93. The summed E-state index contributed by atoms with van der Waals surface area (Å²) in [5.74, 6) is 0.304. The highest BCUT2D eigenvalue weighted by atomic mass is 16.5. The van der Waals surface area contributed by atoms with Crippen LogP contribution in [0.2, 0.25) is 0 Å². The molecule has 4 heteroatoms. The van der Waals surface area contributed by atoms with Crippen LogP contribution in [0.5, 0.6) is 5.75 Å². The molecule has 25 heavy (non-hydrogen) atoms. The van der Waals surface area contributed by atoms with Gasteiger partial charge in [-0.15, -0.1) is 0 Å².